The summed E-state index contributed by atoms with van der Waals surface area (Å²) in [5.41, 5.74) is 0.740. The number of amides is 1. The predicted molar refractivity (Wildman–Crippen MR) is 94.7 cm³/mol. The number of hydrogen-bond donors (Lipinski definition) is 1. The molecule has 1 N–H and O–H groups in total. The summed E-state index contributed by atoms with van der Waals surface area (Å²) >= 11 is 6.18. The van der Waals surface area contributed by atoms with Crippen molar-refractivity contribution in [1.29, 1.82) is 0 Å². The van der Waals surface area contributed by atoms with Crippen molar-refractivity contribution in [3.63, 3.8) is 0 Å². The van der Waals surface area contributed by atoms with Crippen LogP contribution in [0.15, 0.2) is 40.8 Å². The van der Waals surface area contributed by atoms with E-state index in [1.54, 1.807) is 23.1 Å². The van der Waals surface area contributed by atoms with Gasteiger partial charge in [-0.05, 0) is 49.9 Å². The molecule has 1 aromatic heterocycles. The molecule has 0 spiro atoms. The molecule has 25 heavy (non-hydrogen) atoms. The first-order valence-electron chi connectivity index (χ1n) is 8.44. The van der Waals surface area contributed by atoms with Crippen LogP contribution in [0.2, 0.25) is 5.02 Å². The fourth-order valence-corrected chi connectivity index (χ4v) is 3.49. The van der Waals surface area contributed by atoms with Crippen molar-refractivity contribution in [1.82, 2.24) is 4.90 Å². The zero-order chi connectivity index (χ0) is 17.8. The van der Waals surface area contributed by atoms with Crippen LogP contribution in [0, 0.1) is 0 Å². The van der Waals surface area contributed by atoms with Gasteiger partial charge < -0.3 is 14.4 Å². The largest absolute Gasteiger partial charge is 0.481 e. The minimum absolute atomic E-state index is 0.0498. The van der Waals surface area contributed by atoms with Gasteiger partial charge in [0.15, 0.2) is 5.76 Å². The van der Waals surface area contributed by atoms with E-state index in [1.165, 1.54) is 0 Å². The lowest BCUT2D eigenvalue weighted by molar-refractivity contribution is -0.137. The highest BCUT2D eigenvalue weighted by molar-refractivity contribution is 6.33. The van der Waals surface area contributed by atoms with E-state index in [-0.39, 0.29) is 24.1 Å². The summed E-state index contributed by atoms with van der Waals surface area (Å²) in [6.07, 6.45) is 3.30. The molecule has 1 atom stereocenters. The summed E-state index contributed by atoms with van der Waals surface area (Å²) < 4.78 is 5.75. The second kappa shape index (κ2) is 7.74. The summed E-state index contributed by atoms with van der Waals surface area (Å²) in [7, 11) is 0. The molecule has 6 heteroatoms. The lowest BCUT2D eigenvalue weighted by atomic mass is 9.97. The Kier molecular flexibility index (Phi) is 5.43. The summed E-state index contributed by atoms with van der Waals surface area (Å²) in [5, 5.41) is 9.47. The van der Waals surface area contributed by atoms with Crippen LogP contribution in [0.3, 0.4) is 0 Å². The van der Waals surface area contributed by atoms with Gasteiger partial charge in [-0.1, -0.05) is 23.7 Å². The van der Waals surface area contributed by atoms with Gasteiger partial charge in [0, 0.05) is 24.6 Å². The Morgan fingerprint density at radius 1 is 1.20 bits per heavy atom. The van der Waals surface area contributed by atoms with E-state index >= 15 is 0 Å². The number of rotatable bonds is 5. The lowest BCUT2D eigenvalue weighted by Crippen LogP contribution is -2.43. The molecule has 1 aromatic carbocycles. The van der Waals surface area contributed by atoms with Gasteiger partial charge in [-0.15, -0.1) is 0 Å². The van der Waals surface area contributed by atoms with Crippen LogP contribution in [0.1, 0.15) is 42.7 Å². The van der Waals surface area contributed by atoms with Gasteiger partial charge in [-0.25, -0.2) is 0 Å². The Hall–Kier alpha value is -2.27. The first-order chi connectivity index (χ1) is 12.1. The molecule has 1 saturated heterocycles. The van der Waals surface area contributed by atoms with E-state index in [4.69, 9.17) is 21.1 Å². The summed E-state index contributed by atoms with van der Waals surface area (Å²) in [5.74, 6) is -0.212. The van der Waals surface area contributed by atoms with Crippen LogP contribution in [-0.2, 0) is 4.79 Å². The quantitative estimate of drug-likeness (QED) is 0.853. The number of carbonyl (C=O) groups is 2. The summed E-state index contributed by atoms with van der Waals surface area (Å²) in [4.78, 5) is 25.4. The molecular weight excluding hydrogens is 342 g/mol. The van der Waals surface area contributed by atoms with Crippen molar-refractivity contribution in [3.8, 4) is 11.3 Å². The van der Waals surface area contributed by atoms with E-state index in [0.717, 1.165) is 24.8 Å². The number of benzene rings is 1. The molecule has 1 aliphatic heterocycles. The highest BCUT2D eigenvalue weighted by Gasteiger charge is 2.29. The molecule has 0 radical (unpaired) electrons. The van der Waals surface area contributed by atoms with E-state index in [0.29, 0.717) is 23.7 Å². The van der Waals surface area contributed by atoms with Crippen LogP contribution in [0.4, 0.5) is 0 Å². The average molecular weight is 362 g/mol. The lowest BCUT2D eigenvalue weighted by Gasteiger charge is -2.35. The molecule has 5 nitrogen and oxygen atoms in total. The van der Waals surface area contributed by atoms with Crippen molar-refractivity contribution in [3.05, 3.63) is 47.2 Å². The van der Waals surface area contributed by atoms with Crippen molar-refractivity contribution in [2.45, 2.75) is 38.1 Å². The third-order valence-electron chi connectivity index (χ3n) is 4.54. The number of aliphatic carboxylic acids is 1. The van der Waals surface area contributed by atoms with Crippen LogP contribution in [0.25, 0.3) is 11.3 Å². The van der Waals surface area contributed by atoms with E-state index < -0.39 is 5.97 Å². The Morgan fingerprint density at radius 2 is 2.00 bits per heavy atom. The first kappa shape index (κ1) is 17.5. The van der Waals surface area contributed by atoms with Crippen molar-refractivity contribution >= 4 is 23.5 Å². The molecule has 2 aromatic rings. The molecule has 1 fully saturated rings. The normalized spacial score (nSPS) is 17.5. The third-order valence-corrected chi connectivity index (χ3v) is 4.87. The minimum Gasteiger partial charge on any atom is -0.481 e. The molecule has 0 bridgehead atoms. The fraction of sp³-hybridized carbons (Fsp3) is 0.368. The van der Waals surface area contributed by atoms with Crippen LogP contribution < -0.4 is 0 Å². The maximum Gasteiger partial charge on any atom is 0.303 e. The highest BCUT2D eigenvalue weighted by atomic mass is 35.5. The second-order valence-electron chi connectivity index (χ2n) is 6.22. The van der Waals surface area contributed by atoms with E-state index in [2.05, 4.69) is 0 Å². The van der Waals surface area contributed by atoms with Crippen LogP contribution in [0.5, 0.6) is 0 Å². The van der Waals surface area contributed by atoms with Crippen LogP contribution >= 0.6 is 11.6 Å². The monoisotopic (exact) mass is 361 g/mol. The topological polar surface area (TPSA) is 70.8 Å². The number of halogens is 1. The number of nitrogens with zero attached hydrogens (tertiary/aromatic N) is 1. The Labute approximate surface area is 151 Å². The zero-order valence-corrected chi connectivity index (χ0v) is 14.5. The number of carbonyl (C=O) groups excluding carboxylic acids is 1. The molecule has 0 aliphatic carbocycles. The molecule has 1 aliphatic rings. The molecule has 1 amide bonds. The number of piperidine rings is 1. The SMILES string of the molecule is O=C(O)CCC1CCCCN1C(=O)c1ccc(-c2ccccc2Cl)o1. The van der Waals surface area contributed by atoms with Crippen LogP contribution in [-0.4, -0.2) is 34.5 Å². The first-order valence-corrected chi connectivity index (χ1v) is 8.81. The number of furan rings is 1. The number of carboxylic acids is 1. The highest BCUT2D eigenvalue weighted by Crippen LogP contribution is 2.30. The van der Waals surface area contributed by atoms with Crippen molar-refractivity contribution in [2.75, 3.05) is 6.54 Å². The Balaban J connectivity index is 1.78. The summed E-state index contributed by atoms with van der Waals surface area (Å²) in [6, 6.07) is 10.7. The van der Waals surface area contributed by atoms with E-state index in [1.807, 2.05) is 18.2 Å². The average Bonchev–Trinajstić information content (AvgIpc) is 3.10. The van der Waals surface area contributed by atoms with Gasteiger partial charge in [0.25, 0.3) is 5.91 Å². The standard InChI is InChI=1S/C19H20ClNO4/c20-15-7-2-1-6-14(15)16-9-10-17(25-16)19(24)21-12-4-3-5-13(21)8-11-18(22)23/h1-2,6-7,9-10,13H,3-5,8,11-12H2,(H,22,23). The van der Waals surface area contributed by atoms with Gasteiger partial charge in [0.05, 0.1) is 5.02 Å². The predicted octanol–water partition coefficient (Wildman–Crippen LogP) is 4.46. The van der Waals surface area contributed by atoms with Crippen molar-refractivity contribution < 1.29 is 19.1 Å². The fourth-order valence-electron chi connectivity index (χ4n) is 3.26. The Bertz CT molecular complexity index is 770. The van der Waals surface area contributed by atoms with Gasteiger partial charge in [0.1, 0.15) is 5.76 Å². The molecule has 2 heterocycles. The van der Waals surface area contributed by atoms with Gasteiger partial charge >= 0.3 is 5.97 Å². The van der Waals surface area contributed by atoms with Gasteiger partial charge in [-0.3, -0.25) is 9.59 Å². The molecule has 1 unspecified atom stereocenters. The van der Waals surface area contributed by atoms with Gasteiger partial charge in [0.2, 0.25) is 0 Å². The molecule has 0 saturated carbocycles. The minimum atomic E-state index is -0.836. The van der Waals surface area contributed by atoms with E-state index in [9.17, 15) is 9.59 Å². The summed E-state index contributed by atoms with van der Waals surface area (Å²) in [6.45, 7) is 0.630. The number of hydrogen-bond acceptors (Lipinski definition) is 3. The van der Waals surface area contributed by atoms with Gasteiger partial charge in [-0.2, -0.15) is 0 Å². The number of carboxylic acid groups (broad SMARTS) is 1. The maximum atomic E-state index is 12.8. The molecular formula is C19H20ClNO4. The third kappa shape index (κ3) is 4.04. The second-order valence-corrected chi connectivity index (χ2v) is 6.63. The smallest absolute Gasteiger partial charge is 0.303 e. The molecule has 132 valence electrons. The molecule has 3 rings (SSSR count). The maximum absolute atomic E-state index is 12.8. The Morgan fingerprint density at radius 3 is 2.76 bits per heavy atom. The van der Waals surface area contributed by atoms with Crippen molar-refractivity contribution in [2.24, 2.45) is 0 Å². The number of likely N-dealkylation sites (tertiary alicyclic amines) is 1. The zero-order valence-electron chi connectivity index (χ0n) is 13.8.